The Balaban J connectivity index is 0.00000341. The van der Waals surface area contributed by atoms with Crippen LogP contribution in [0.1, 0.15) is 50.5 Å². The van der Waals surface area contributed by atoms with Crippen LogP contribution < -0.4 is 16.0 Å². The maximum absolute atomic E-state index is 12.7. The van der Waals surface area contributed by atoms with E-state index in [-0.39, 0.29) is 41.8 Å². The van der Waals surface area contributed by atoms with Crippen molar-refractivity contribution in [2.24, 2.45) is 10.9 Å². The van der Waals surface area contributed by atoms with Gasteiger partial charge in [0.2, 0.25) is 11.8 Å². The van der Waals surface area contributed by atoms with Gasteiger partial charge in [0.1, 0.15) is 0 Å². The standard InChI is InChI=1S/C23H35N5O2.HI/c1-24-23(25-14-12-21(29)26-16-18-8-4-2-5-9-18)27-20-13-15-28(17-20)22(30)19-10-6-3-7-11-19;/h2,4-5,8-9,19-20H,3,6-7,10-17H2,1H3,(H,26,29)(H2,24,25,27);1H. The largest absolute Gasteiger partial charge is 0.356 e. The molecule has 2 aliphatic rings. The molecule has 1 unspecified atom stereocenters. The Morgan fingerprint density at radius 1 is 1.06 bits per heavy atom. The van der Waals surface area contributed by atoms with Gasteiger partial charge in [-0.2, -0.15) is 0 Å². The third kappa shape index (κ3) is 8.31. The summed E-state index contributed by atoms with van der Waals surface area (Å²) in [4.78, 5) is 31.0. The number of amides is 2. The van der Waals surface area contributed by atoms with E-state index in [1.807, 2.05) is 35.2 Å². The van der Waals surface area contributed by atoms with Crippen LogP contribution >= 0.6 is 24.0 Å². The zero-order chi connectivity index (χ0) is 21.2. The summed E-state index contributed by atoms with van der Waals surface area (Å²) in [5, 5.41) is 9.54. The highest BCUT2D eigenvalue weighted by Gasteiger charge is 2.31. The highest BCUT2D eigenvalue weighted by atomic mass is 127. The number of hydrogen-bond donors (Lipinski definition) is 3. The number of hydrogen-bond acceptors (Lipinski definition) is 3. The lowest BCUT2D eigenvalue weighted by atomic mass is 9.88. The van der Waals surface area contributed by atoms with Gasteiger partial charge in [-0.15, -0.1) is 24.0 Å². The molecule has 7 nitrogen and oxygen atoms in total. The van der Waals surface area contributed by atoms with Crippen molar-refractivity contribution in [2.75, 3.05) is 26.7 Å². The average Bonchev–Trinajstić information content (AvgIpc) is 3.26. The second-order valence-electron chi connectivity index (χ2n) is 8.26. The third-order valence-electron chi connectivity index (χ3n) is 6.00. The molecule has 0 aromatic heterocycles. The van der Waals surface area contributed by atoms with Crippen LogP contribution in [0.4, 0.5) is 0 Å². The molecule has 1 aromatic carbocycles. The van der Waals surface area contributed by atoms with Crippen LogP contribution in [0.2, 0.25) is 0 Å². The summed E-state index contributed by atoms with van der Waals surface area (Å²) >= 11 is 0. The van der Waals surface area contributed by atoms with Crippen molar-refractivity contribution in [3.63, 3.8) is 0 Å². The molecule has 1 saturated heterocycles. The Morgan fingerprint density at radius 2 is 1.81 bits per heavy atom. The highest BCUT2D eigenvalue weighted by molar-refractivity contribution is 14.0. The molecule has 0 spiro atoms. The molecule has 0 bridgehead atoms. The first kappa shape index (κ1) is 25.4. The summed E-state index contributed by atoms with van der Waals surface area (Å²) in [6, 6.07) is 10.1. The first-order valence-corrected chi connectivity index (χ1v) is 11.2. The van der Waals surface area contributed by atoms with Gasteiger partial charge in [0.05, 0.1) is 0 Å². The minimum atomic E-state index is 0. The van der Waals surface area contributed by atoms with E-state index in [4.69, 9.17) is 0 Å². The molecule has 3 N–H and O–H groups in total. The van der Waals surface area contributed by atoms with Crippen LogP contribution in [0.15, 0.2) is 35.3 Å². The number of likely N-dealkylation sites (tertiary alicyclic amines) is 1. The fourth-order valence-corrected chi connectivity index (χ4v) is 4.25. The second kappa shape index (κ2) is 13.5. The van der Waals surface area contributed by atoms with E-state index in [9.17, 15) is 9.59 Å². The van der Waals surface area contributed by atoms with Crippen LogP contribution in [-0.2, 0) is 16.1 Å². The molecule has 1 atom stereocenters. The van der Waals surface area contributed by atoms with Crippen molar-refractivity contribution in [1.29, 1.82) is 0 Å². The molecule has 2 fully saturated rings. The first-order chi connectivity index (χ1) is 14.7. The van der Waals surface area contributed by atoms with Gasteiger partial charge in [0, 0.05) is 51.6 Å². The summed E-state index contributed by atoms with van der Waals surface area (Å²) < 4.78 is 0. The fraction of sp³-hybridized carbons (Fsp3) is 0.609. The number of carbonyl (C=O) groups is 2. The Morgan fingerprint density at radius 3 is 2.52 bits per heavy atom. The number of aliphatic imine (C=N–C) groups is 1. The number of carbonyl (C=O) groups excluding carboxylic acids is 2. The lowest BCUT2D eigenvalue weighted by Gasteiger charge is -2.26. The molecular formula is C23H36IN5O2. The third-order valence-corrected chi connectivity index (χ3v) is 6.00. The Hall–Kier alpha value is -1.84. The number of benzene rings is 1. The molecule has 1 saturated carbocycles. The lowest BCUT2D eigenvalue weighted by molar-refractivity contribution is -0.135. The monoisotopic (exact) mass is 541 g/mol. The van der Waals surface area contributed by atoms with Crippen LogP contribution in [0.25, 0.3) is 0 Å². The number of rotatable bonds is 7. The van der Waals surface area contributed by atoms with Crippen molar-refractivity contribution in [3.8, 4) is 0 Å². The SMILES string of the molecule is CN=C(NCCC(=O)NCc1ccccc1)NC1CCN(C(=O)C2CCCCC2)C1.I. The number of halogens is 1. The molecule has 8 heteroatoms. The smallest absolute Gasteiger partial charge is 0.225 e. The van der Waals surface area contributed by atoms with E-state index in [1.54, 1.807) is 7.05 Å². The van der Waals surface area contributed by atoms with E-state index in [1.165, 1.54) is 19.3 Å². The molecule has 1 aliphatic heterocycles. The van der Waals surface area contributed by atoms with E-state index in [0.717, 1.165) is 37.9 Å². The van der Waals surface area contributed by atoms with Crippen molar-refractivity contribution in [2.45, 2.75) is 57.5 Å². The average molecular weight is 541 g/mol. The van der Waals surface area contributed by atoms with Gasteiger partial charge in [-0.05, 0) is 24.8 Å². The molecular weight excluding hydrogens is 505 g/mol. The Labute approximate surface area is 202 Å². The number of nitrogens with zero attached hydrogens (tertiary/aromatic N) is 2. The van der Waals surface area contributed by atoms with Crippen LogP contribution in [-0.4, -0.2) is 55.4 Å². The Bertz CT molecular complexity index is 722. The van der Waals surface area contributed by atoms with Gasteiger partial charge in [-0.1, -0.05) is 49.6 Å². The zero-order valence-corrected chi connectivity index (χ0v) is 20.8. The van der Waals surface area contributed by atoms with Gasteiger partial charge in [-0.3, -0.25) is 14.6 Å². The van der Waals surface area contributed by atoms with Gasteiger partial charge < -0.3 is 20.9 Å². The van der Waals surface area contributed by atoms with Crippen LogP contribution in [0.5, 0.6) is 0 Å². The predicted molar refractivity (Wildman–Crippen MR) is 134 cm³/mol. The van der Waals surface area contributed by atoms with Crippen molar-refractivity contribution < 1.29 is 9.59 Å². The molecule has 172 valence electrons. The summed E-state index contributed by atoms with van der Waals surface area (Å²) in [6.07, 6.45) is 7.02. The summed E-state index contributed by atoms with van der Waals surface area (Å²) in [7, 11) is 1.73. The number of nitrogens with one attached hydrogen (secondary N) is 3. The molecule has 31 heavy (non-hydrogen) atoms. The maximum Gasteiger partial charge on any atom is 0.225 e. The lowest BCUT2D eigenvalue weighted by Crippen LogP contribution is -2.46. The van der Waals surface area contributed by atoms with E-state index in [2.05, 4.69) is 20.9 Å². The minimum Gasteiger partial charge on any atom is -0.356 e. The van der Waals surface area contributed by atoms with E-state index in [0.29, 0.717) is 31.4 Å². The topological polar surface area (TPSA) is 85.8 Å². The molecule has 1 heterocycles. The quantitative estimate of drug-likeness (QED) is 0.282. The first-order valence-electron chi connectivity index (χ1n) is 11.2. The van der Waals surface area contributed by atoms with Crippen LogP contribution in [0.3, 0.4) is 0 Å². The highest BCUT2D eigenvalue weighted by Crippen LogP contribution is 2.26. The summed E-state index contributed by atoms with van der Waals surface area (Å²) in [6.45, 7) is 2.59. The molecule has 0 radical (unpaired) electrons. The van der Waals surface area contributed by atoms with Gasteiger partial charge in [0.25, 0.3) is 0 Å². The zero-order valence-electron chi connectivity index (χ0n) is 18.4. The van der Waals surface area contributed by atoms with Crippen LogP contribution in [0, 0.1) is 5.92 Å². The molecule has 1 aliphatic carbocycles. The van der Waals surface area contributed by atoms with Gasteiger partial charge >= 0.3 is 0 Å². The van der Waals surface area contributed by atoms with Gasteiger partial charge in [-0.25, -0.2) is 0 Å². The van der Waals surface area contributed by atoms with E-state index < -0.39 is 0 Å². The minimum absolute atomic E-state index is 0. The predicted octanol–water partition coefficient (Wildman–Crippen LogP) is 2.66. The van der Waals surface area contributed by atoms with Crippen molar-refractivity contribution >= 4 is 41.8 Å². The summed E-state index contributed by atoms with van der Waals surface area (Å²) in [5.41, 5.74) is 1.09. The molecule has 1 aromatic rings. The maximum atomic E-state index is 12.7. The normalized spacial score (nSPS) is 19.5. The number of guanidine groups is 1. The van der Waals surface area contributed by atoms with Gasteiger partial charge in [0.15, 0.2) is 5.96 Å². The molecule has 3 rings (SSSR count). The second-order valence-corrected chi connectivity index (χ2v) is 8.26. The van der Waals surface area contributed by atoms with Crippen molar-refractivity contribution in [3.05, 3.63) is 35.9 Å². The Kier molecular flexibility index (Phi) is 11.1. The molecule has 2 amide bonds. The van der Waals surface area contributed by atoms with E-state index >= 15 is 0 Å². The van der Waals surface area contributed by atoms with Crippen molar-refractivity contribution in [1.82, 2.24) is 20.9 Å². The fourth-order valence-electron chi connectivity index (χ4n) is 4.25. The summed E-state index contributed by atoms with van der Waals surface area (Å²) in [5.74, 6) is 1.25.